The van der Waals surface area contributed by atoms with Crippen LogP contribution in [0.25, 0.3) is 0 Å². The molecule has 2 aliphatic heterocycles. The monoisotopic (exact) mass is 297 g/mol. The second-order valence-electron chi connectivity index (χ2n) is 5.78. The van der Waals surface area contributed by atoms with E-state index in [4.69, 9.17) is 4.74 Å². The van der Waals surface area contributed by atoms with Gasteiger partial charge in [-0.3, -0.25) is 4.79 Å². The maximum absolute atomic E-state index is 12.9. The third kappa shape index (κ3) is 2.06. The first kappa shape index (κ1) is 13.3. The molecule has 1 saturated heterocycles. The van der Waals surface area contributed by atoms with Crippen LogP contribution < -0.4 is 4.74 Å². The van der Waals surface area contributed by atoms with Crippen LogP contribution in [-0.4, -0.2) is 17.4 Å². The molecule has 2 aromatic carbocycles. The lowest BCUT2D eigenvalue weighted by atomic mass is 9.92. The summed E-state index contributed by atoms with van der Waals surface area (Å²) in [5.74, 6) is 0.193. The third-order valence-electron chi connectivity index (χ3n) is 4.56. The van der Waals surface area contributed by atoms with E-state index >= 15 is 0 Å². The van der Waals surface area contributed by atoms with E-state index in [9.17, 15) is 9.18 Å². The zero-order chi connectivity index (χ0) is 15.1. The molecule has 2 bridgehead atoms. The first-order valence-electron chi connectivity index (χ1n) is 7.52. The summed E-state index contributed by atoms with van der Waals surface area (Å²) < 4.78 is 18.4. The standard InChI is InChI=1S/C18H16FNO2/c19-12-5-7-13(8-6-12)22-11-18(21)20-16-9-10-17(20)15-4-2-1-3-14(15)16/h1-8,16-17H,9-11H2. The van der Waals surface area contributed by atoms with Crippen molar-refractivity contribution in [2.45, 2.75) is 24.9 Å². The molecule has 0 aromatic heterocycles. The normalized spacial score (nSPS) is 21.8. The molecular weight excluding hydrogens is 281 g/mol. The van der Waals surface area contributed by atoms with Gasteiger partial charge in [-0.15, -0.1) is 0 Å². The molecule has 4 heteroatoms. The molecule has 0 saturated carbocycles. The van der Waals surface area contributed by atoms with Crippen molar-refractivity contribution in [1.82, 2.24) is 4.90 Å². The Bertz CT molecular complexity index is 682. The summed E-state index contributed by atoms with van der Waals surface area (Å²) in [4.78, 5) is 14.5. The molecule has 0 N–H and O–H groups in total. The first-order chi connectivity index (χ1) is 10.7. The lowest BCUT2D eigenvalue weighted by Gasteiger charge is -2.22. The lowest BCUT2D eigenvalue weighted by Crippen LogP contribution is -2.32. The van der Waals surface area contributed by atoms with Gasteiger partial charge in [0.2, 0.25) is 0 Å². The predicted molar refractivity (Wildman–Crippen MR) is 79.9 cm³/mol. The molecule has 2 unspecified atom stereocenters. The minimum absolute atomic E-state index is 0.00646. The fourth-order valence-electron chi connectivity index (χ4n) is 3.64. The Balaban J connectivity index is 1.47. The Morgan fingerprint density at radius 2 is 1.64 bits per heavy atom. The number of rotatable bonds is 3. The molecule has 0 radical (unpaired) electrons. The van der Waals surface area contributed by atoms with Gasteiger partial charge in [-0.1, -0.05) is 24.3 Å². The smallest absolute Gasteiger partial charge is 0.261 e. The van der Waals surface area contributed by atoms with Crippen LogP contribution >= 0.6 is 0 Å². The van der Waals surface area contributed by atoms with E-state index in [1.54, 1.807) is 0 Å². The van der Waals surface area contributed by atoms with Crippen molar-refractivity contribution < 1.29 is 13.9 Å². The second kappa shape index (κ2) is 5.13. The van der Waals surface area contributed by atoms with Gasteiger partial charge in [-0.2, -0.15) is 0 Å². The van der Waals surface area contributed by atoms with E-state index in [-0.39, 0.29) is 30.4 Å². The number of hydrogen-bond acceptors (Lipinski definition) is 2. The molecule has 1 fully saturated rings. The van der Waals surface area contributed by atoms with Crippen LogP contribution in [0.4, 0.5) is 4.39 Å². The summed E-state index contributed by atoms with van der Waals surface area (Å²) in [6.45, 7) is -0.00732. The summed E-state index contributed by atoms with van der Waals surface area (Å²) in [6, 6.07) is 14.4. The zero-order valence-corrected chi connectivity index (χ0v) is 12.0. The van der Waals surface area contributed by atoms with Gasteiger partial charge < -0.3 is 9.64 Å². The van der Waals surface area contributed by atoms with Crippen molar-refractivity contribution in [1.29, 1.82) is 0 Å². The predicted octanol–water partition coefficient (Wildman–Crippen LogP) is 3.62. The van der Waals surface area contributed by atoms with E-state index in [1.165, 1.54) is 35.4 Å². The van der Waals surface area contributed by atoms with Gasteiger partial charge in [0.05, 0.1) is 12.1 Å². The van der Waals surface area contributed by atoms with Crippen molar-refractivity contribution in [2.24, 2.45) is 0 Å². The maximum atomic E-state index is 12.9. The Labute approximate surface area is 128 Å². The van der Waals surface area contributed by atoms with Gasteiger partial charge in [-0.05, 0) is 48.2 Å². The van der Waals surface area contributed by atoms with Gasteiger partial charge in [0.1, 0.15) is 11.6 Å². The van der Waals surface area contributed by atoms with Crippen molar-refractivity contribution in [3.8, 4) is 5.75 Å². The molecule has 4 rings (SSSR count). The van der Waals surface area contributed by atoms with Crippen LogP contribution in [0.15, 0.2) is 48.5 Å². The number of carbonyl (C=O) groups is 1. The maximum Gasteiger partial charge on any atom is 0.261 e. The van der Waals surface area contributed by atoms with Crippen LogP contribution in [0.2, 0.25) is 0 Å². The van der Waals surface area contributed by atoms with Crippen LogP contribution in [0, 0.1) is 5.82 Å². The summed E-state index contributed by atoms with van der Waals surface area (Å²) >= 11 is 0. The van der Waals surface area contributed by atoms with Crippen molar-refractivity contribution >= 4 is 5.91 Å². The molecule has 0 aliphatic carbocycles. The number of carbonyl (C=O) groups excluding carboxylic acids is 1. The number of fused-ring (bicyclic) bond motifs is 5. The summed E-state index contributed by atoms with van der Waals surface area (Å²) in [7, 11) is 0. The van der Waals surface area contributed by atoms with E-state index in [0.717, 1.165) is 12.8 Å². The van der Waals surface area contributed by atoms with Crippen molar-refractivity contribution in [3.05, 3.63) is 65.5 Å². The third-order valence-corrected chi connectivity index (χ3v) is 4.56. The topological polar surface area (TPSA) is 29.5 Å². The van der Waals surface area contributed by atoms with E-state index in [2.05, 4.69) is 12.1 Å². The SMILES string of the molecule is O=C(COc1ccc(F)cc1)N1C2CCC1c1ccccc12. The highest BCUT2D eigenvalue weighted by Gasteiger charge is 2.45. The number of nitrogens with zero attached hydrogens (tertiary/aromatic N) is 1. The summed E-state index contributed by atoms with van der Waals surface area (Å²) in [6.07, 6.45) is 2.04. The van der Waals surface area contributed by atoms with E-state index < -0.39 is 0 Å². The van der Waals surface area contributed by atoms with Gasteiger partial charge >= 0.3 is 0 Å². The zero-order valence-electron chi connectivity index (χ0n) is 12.0. The Morgan fingerprint density at radius 1 is 1.05 bits per heavy atom. The number of halogens is 1. The van der Waals surface area contributed by atoms with Gasteiger partial charge in [0.25, 0.3) is 5.91 Å². The average Bonchev–Trinajstić information content (AvgIpc) is 3.11. The van der Waals surface area contributed by atoms with Crippen LogP contribution in [-0.2, 0) is 4.79 Å². The Morgan fingerprint density at radius 3 is 2.23 bits per heavy atom. The number of amides is 1. The molecule has 0 spiro atoms. The summed E-state index contributed by atoms with van der Waals surface area (Å²) in [5.41, 5.74) is 2.54. The Hall–Kier alpha value is -2.36. The van der Waals surface area contributed by atoms with Crippen molar-refractivity contribution in [3.63, 3.8) is 0 Å². The molecule has 1 amide bonds. The van der Waals surface area contributed by atoms with Gasteiger partial charge in [0.15, 0.2) is 6.61 Å². The highest BCUT2D eigenvalue weighted by atomic mass is 19.1. The molecule has 2 aromatic rings. The molecule has 3 nitrogen and oxygen atoms in total. The molecule has 2 atom stereocenters. The number of hydrogen-bond donors (Lipinski definition) is 0. The highest BCUT2D eigenvalue weighted by molar-refractivity contribution is 5.80. The van der Waals surface area contributed by atoms with E-state index in [0.29, 0.717) is 5.75 Å². The highest BCUT2D eigenvalue weighted by Crippen LogP contribution is 2.52. The van der Waals surface area contributed by atoms with Crippen LogP contribution in [0.5, 0.6) is 5.75 Å². The minimum atomic E-state index is -0.313. The van der Waals surface area contributed by atoms with Crippen molar-refractivity contribution in [2.75, 3.05) is 6.61 Å². The molecule has 2 aliphatic rings. The summed E-state index contributed by atoms with van der Waals surface area (Å²) in [5, 5.41) is 0. The van der Waals surface area contributed by atoms with Crippen LogP contribution in [0.3, 0.4) is 0 Å². The molecule has 2 heterocycles. The minimum Gasteiger partial charge on any atom is -0.484 e. The average molecular weight is 297 g/mol. The Kier molecular flexibility index (Phi) is 3.10. The first-order valence-corrected chi connectivity index (χ1v) is 7.52. The second-order valence-corrected chi connectivity index (χ2v) is 5.78. The largest absolute Gasteiger partial charge is 0.484 e. The molecule has 22 heavy (non-hydrogen) atoms. The number of ether oxygens (including phenoxy) is 1. The number of benzene rings is 2. The molecule has 112 valence electrons. The molecular formula is C18H16FNO2. The lowest BCUT2D eigenvalue weighted by molar-refractivity contribution is -0.135. The fraction of sp³-hybridized carbons (Fsp3) is 0.278. The van der Waals surface area contributed by atoms with E-state index in [1.807, 2.05) is 17.0 Å². The van der Waals surface area contributed by atoms with Gasteiger partial charge in [0, 0.05) is 0 Å². The van der Waals surface area contributed by atoms with Crippen LogP contribution in [0.1, 0.15) is 36.1 Å². The fourth-order valence-corrected chi connectivity index (χ4v) is 3.64. The quantitative estimate of drug-likeness (QED) is 0.866. The van der Waals surface area contributed by atoms with Gasteiger partial charge in [-0.25, -0.2) is 4.39 Å².